The highest BCUT2D eigenvalue weighted by Crippen LogP contribution is 2.29. The van der Waals surface area contributed by atoms with E-state index < -0.39 is 0 Å². The van der Waals surface area contributed by atoms with Gasteiger partial charge >= 0.3 is 6.09 Å². The van der Waals surface area contributed by atoms with Crippen molar-refractivity contribution in [2.75, 3.05) is 27.3 Å². The Hall–Kier alpha value is -1.95. The summed E-state index contributed by atoms with van der Waals surface area (Å²) in [6.45, 7) is 6.22. The first kappa shape index (κ1) is 18.4. The maximum absolute atomic E-state index is 11.5. The fraction of sp³-hybridized carbons (Fsp3) is 0.611. The molecule has 1 aliphatic rings. The first-order chi connectivity index (χ1) is 11.5. The van der Waals surface area contributed by atoms with E-state index in [4.69, 9.17) is 14.2 Å². The van der Waals surface area contributed by atoms with Crippen LogP contribution in [-0.4, -0.2) is 50.4 Å². The molecule has 6 nitrogen and oxygen atoms in total. The van der Waals surface area contributed by atoms with Crippen molar-refractivity contribution < 1.29 is 19.0 Å². The van der Waals surface area contributed by atoms with Gasteiger partial charge in [-0.25, -0.2) is 4.79 Å². The maximum Gasteiger partial charge on any atom is 0.409 e. The number of piperidine rings is 1. The van der Waals surface area contributed by atoms with Gasteiger partial charge in [0.1, 0.15) is 0 Å². The second kappa shape index (κ2) is 8.78. The summed E-state index contributed by atoms with van der Waals surface area (Å²) < 4.78 is 15.9. The van der Waals surface area contributed by atoms with Crippen LogP contribution < -0.4 is 14.8 Å². The molecular formula is C18H28N2O4. The van der Waals surface area contributed by atoms with Gasteiger partial charge in [0.2, 0.25) is 0 Å². The molecule has 1 aromatic carbocycles. The molecule has 6 heteroatoms. The minimum Gasteiger partial charge on any atom is -0.493 e. The largest absolute Gasteiger partial charge is 0.493 e. The van der Waals surface area contributed by atoms with Gasteiger partial charge in [-0.3, -0.25) is 0 Å². The Labute approximate surface area is 144 Å². The number of carbonyl (C=O) groups is 1. The minimum absolute atomic E-state index is 0.114. The van der Waals surface area contributed by atoms with E-state index in [0.29, 0.717) is 6.04 Å². The molecular weight excluding hydrogens is 308 g/mol. The lowest BCUT2D eigenvalue weighted by molar-refractivity contribution is 0.109. The lowest BCUT2D eigenvalue weighted by Crippen LogP contribution is -2.44. The zero-order valence-corrected chi connectivity index (χ0v) is 15.0. The van der Waals surface area contributed by atoms with Crippen LogP contribution in [0.1, 0.15) is 32.3 Å². The fourth-order valence-corrected chi connectivity index (χ4v) is 2.83. The summed E-state index contributed by atoms with van der Waals surface area (Å²) >= 11 is 0. The van der Waals surface area contributed by atoms with Gasteiger partial charge < -0.3 is 24.4 Å². The monoisotopic (exact) mass is 336 g/mol. The summed E-state index contributed by atoms with van der Waals surface area (Å²) in [5.41, 5.74) is 1.15. The number of rotatable bonds is 6. The van der Waals surface area contributed by atoms with Crippen LogP contribution in [0.2, 0.25) is 0 Å². The van der Waals surface area contributed by atoms with E-state index in [1.807, 2.05) is 26.0 Å². The summed E-state index contributed by atoms with van der Waals surface area (Å²) in [6.07, 6.45) is 1.74. The number of amides is 1. The van der Waals surface area contributed by atoms with Crippen molar-refractivity contribution in [3.8, 4) is 11.5 Å². The number of hydrogen-bond donors (Lipinski definition) is 1. The van der Waals surface area contributed by atoms with E-state index in [1.165, 1.54) is 7.11 Å². The molecule has 0 bridgehead atoms. The van der Waals surface area contributed by atoms with E-state index in [2.05, 4.69) is 11.4 Å². The van der Waals surface area contributed by atoms with Gasteiger partial charge in [0.15, 0.2) is 11.5 Å². The Morgan fingerprint density at radius 3 is 2.54 bits per heavy atom. The van der Waals surface area contributed by atoms with E-state index in [1.54, 1.807) is 12.0 Å². The quantitative estimate of drug-likeness (QED) is 0.865. The number of methoxy groups -OCH3 is 2. The van der Waals surface area contributed by atoms with Gasteiger partial charge in [-0.2, -0.15) is 0 Å². The highest BCUT2D eigenvalue weighted by Gasteiger charge is 2.22. The van der Waals surface area contributed by atoms with Crippen LogP contribution >= 0.6 is 0 Å². The van der Waals surface area contributed by atoms with Crippen molar-refractivity contribution in [1.29, 1.82) is 0 Å². The second-order valence-electron chi connectivity index (χ2n) is 6.26. The van der Waals surface area contributed by atoms with Gasteiger partial charge in [0.25, 0.3) is 0 Å². The van der Waals surface area contributed by atoms with Crippen LogP contribution in [0, 0.1) is 0 Å². The van der Waals surface area contributed by atoms with Crippen LogP contribution in [0.3, 0.4) is 0 Å². The third-order valence-corrected chi connectivity index (χ3v) is 4.11. The molecule has 0 saturated carbocycles. The molecule has 1 saturated heterocycles. The Balaban J connectivity index is 1.85. The molecule has 0 radical (unpaired) electrons. The van der Waals surface area contributed by atoms with Gasteiger partial charge in [-0.15, -0.1) is 0 Å². The number of benzene rings is 1. The molecule has 1 amide bonds. The lowest BCUT2D eigenvalue weighted by Gasteiger charge is -2.31. The average molecular weight is 336 g/mol. The third-order valence-electron chi connectivity index (χ3n) is 4.11. The van der Waals surface area contributed by atoms with Crippen molar-refractivity contribution in [3.05, 3.63) is 23.8 Å². The Kier molecular flexibility index (Phi) is 6.73. The highest BCUT2D eigenvalue weighted by atomic mass is 16.5. The molecule has 1 heterocycles. The summed E-state index contributed by atoms with van der Waals surface area (Å²) in [7, 11) is 3.08. The molecule has 134 valence electrons. The van der Waals surface area contributed by atoms with Crippen molar-refractivity contribution in [1.82, 2.24) is 10.2 Å². The molecule has 0 spiro atoms. The molecule has 24 heavy (non-hydrogen) atoms. The highest BCUT2D eigenvalue weighted by molar-refractivity contribution is 5.67. The zero-order valence-electron chi connectivity index (χ0n) is 15.0. The third kappa shape index (κ3) is 5.03. The Morgan fingerprint density at radius 1 is 1.25 bits per heavy atom. The summed E-state index contributed by atoms with van der Waals surface area (Å²) in [6, 6.07) is 6.42. The first-order valence-corrected chi connectivity index (χ1v) is 8.43. The molecule has 1 aromatic rings. The SMILES string of the molecule is COC(=O)N1CCC(NCc2ccc(OC(C)C)c(OC)c2)CC1. The van der Waals surface area contributed by atoms with E-state index in [0.717, 1.165) is 49.5 Å². The Morgan fingerprint density at radius 2 is 1.96 bits per heavy atom. The minimum atomic E-state index is -0.237. The number of nitrogens with one attached hydrogen (secondary N) is 1. The molecule has 0 aliphatic carbocycles. The van der Waals surface area contributed by atoms with Crippen molar-refractivity contribution >= 4 is 6.09 Å². The van der Waals surface area contributed by atoms with Crippen molar-refractivity contribution in [2.45, 2.75) is 45.4 Å². The first-order valence-electron chi connectivity index (χ1n) is 8.43. The second-order valence-corrected chi connectivity index (χ2v) is 6.26. The standard InChI is InChI=1S/C18H28N2O4/c1-13(2)24-16-6-5-14(11-17(16)22-3)12-19-15-7-9-20(10-8-15)18(21)23-4/h5-6,11,13,15,19H,7-10,12H2,1-4H3. The van der Waals surface area contributed by atoms with Gasteiger partial charge in [-0.1, -0.05) is 6.07 Å². The number of nitrogens with zero attached hydrogens (tertiary/aromatic N) is 1. The van der Waals surface area contributed by atoms with Gasteiger partial charge in [0, 0.05) is 25.7 Å². The molecule has 1 aliphatic heterocycles. The number of ether oxygens (including phenoxy) is 3. The van der Waals surface area contributed by atoms with Crippen LogP contribution in [0.15, 0.2) is 18.2 Å². The summed E-state index contributed by atoms with van der Waals surface area (Å²) in [4.78, 5) is 13.2. The van der Waals surface area contributed by atoms with E-state index >= 15 is 0 Å². The van der Waals surface area contributed by atoms with Crippen molar-refractivity contribution in [2.24, 2.45) is 0 Å². The van der Waals surface area contributed by atoms with Gasteiger partial charge in [-0.05, 0) is 44.4 Å². The smallest absolute Gasteiger partial charge is 0.409 e. The van der Waals surface area contributed by atoms with Crippen LogP contribution in [-0.2, 0) is 11.3 Å². The van der Waals surface area contributed by atoms with Gasteiger partial charge in [0.05, 0.1) is 20.3 Å². The molecule has 1 fully saturated rings. The lowest BCUT2D eigenvalue weighted by atomic mass is 10.0. The topological polar surface area (TPSA) is 60.0 Å². The predicted molar refractivity (Wildman–Crippen MR) is 92.6 cm³/mol. The average Bonchev–Trinajstić information content (AvgIpc) is 2.60. The molecule has 0 aromatic heterocycles. The summed E-state index contributed by atoms with van der Waals surface area (Å²) in [5.74, 6) is 1.52. The molecule has 0 unspecified atom stereocenters. The van der Waals surface area contributed by atoms with Crippen LogP contribution in [0.5, 0.6) is 11.5 Å². The maximum atomic E-state index is 11.5. The predicted octanol–water partition coefficient (Wildman–Crippen LogP) is 2.80. The van der Waals surface area contributed by atoms with Crippen LogP contribution in [0.4, 0.5) is 4.79 Å². The fourth-order valence-electron chi connectivity index (χ4n) is 2.83. The van der Waals surface area contributed by atoms with Crippen LogP contribution in [0.25, 0.3) is 0 Å². The molecule has 2 rings (SSSR count). The number of likely N-dealkylation sites (tertiary alicyclic amines) is 1. The number of hydrogen-bond acceptors (Lipinski definition) is 5. The summed E-state index contributed by atoms with van der Waals surface area (Å²) in [5, 5.41) is 3.55. The van der Waals surface area contributed by atoms with E-state index in [9.17, 15) is 4.79 Å². The zero-order chi connectivity index (χ0) is 17.5. The molecule has 0 atom stereocenters. The Bertz CT molecular complexity index is 540. The van der Waals surface area contributed by atoms with Crippen molar-refractivity contribution in [3.63, 3.8) is 0 Å². The normalized spacial score (nSPS) is 15.5. The number of carbonyl (C=O) groups excluding carboxylic acids is 1. The molecule has 1 N–H and O–H groups in total. The van der Waals surface area contributed by atoms with E-state index in [-0.39, 0.29) is 12.2 Å².